The van der Waals surface area contributed by atoms with Crippen LogP contribution in [0.2, 0.25) is 0 Å². The molecular formula is C45H60N4O7. The summed E-state index contributed by atoms with van der Waals surface area (Å²) in [5, 5.41) is 18.4. The molecule has 0 bridgehead atoms. The van der Waals surface area contributed by atoms with Crippen LogP contribution < -0.4 is 16.0 Å². The quantitative estimate of drug-likeness (QED) is 0.146. The summed E-state index contributed by atoms with van der Waals surface area (Å²) in [6.07, 6.45) is 5.44. The number of urea groups is 1. The van der Waals surface area contributed by atoms with Crippen molar-refractivity contribution >= 4 is 17.9 Å². The van der Waals surface area contributed by atoms with Crippen molar-refractivity contribution in [3.05, 3.63) is 95.1 Å². The smallest absolute Gasteiger partial charge is 0.325 e. The van der Waals surface area contributed by atoms with E-state index in [4.69, 9.17) is 14.2 Å². The van der Waals surface area contributed by atoms with Gasteiger partial charge in [-0.1, -0.05) is 80.4 Å². The lowest BCUT2D eigenvalue weighted by Gasteiger charge is -2.51. The monoisotopic (exact) mass is 768 g/mol. The number of ether oxygens (including phenoxy) is 3. The summed E-state index contributed by atoms with van der Waals surface area (Å²) in [6, 6.07) is 23.8. The van der Waals surface area contributed by atoms with E-state index in [2.05, 4.69) is 33.8 Å². The van der Waals surface area contributed by atoms with Crippen molar-refractivity contribution < 1.29 is 33.7 Å². The molecule has 0 aromatic heterocycles. The number of carbonyl (C=O) groups is 3. The van der Waals surface area contributed by atoms with Crippen molar-refractivity contribution in [2.45, 2.75) is 122 Å². The van der Waals surface area contributed by atoms with Crippen LogP contribution in [0.5, 0.6) is 0 Å². The van der Waals surface area contributed by atoms with Gasteiger partial charge in [-0.15, -0.1) is 0 Å². The second-order valence-corrected chi connectivity index (χ2v) is 16.6. The van der Waals surface area contributed by atoms with Crippen molar-refractivity contribution in [3.8, 4) is 11.1 Å². The minimum absolute atomic E-state index is 0.0247. The molecule has 1 saturated carbocycles. The van der Waals surface area contributed by atoms with Gasteiger partial charge in [0.2, 0.25) is 5.91 Å². The molecule has 3 aliphatic rings. The lowest BCUT2D eigenvalue weighted by atomic mass is 9.75. The fourth-order valence-electron chi connectivity index (χ4n) is 8.60. The average Bonchev–Trinajstić information content (AvgIpc) is 3.19. The van der Waals surface area contributed by atoms with E-state index in [9.17, 15) is 19.5 Å². The number of hydrogen-bond donors (Lipinski definition) is 4. The molecule has 3 fully saturated rings. The zero-order chi connectivity index (χ0) is 39.8. The Labute approximate surface area is 331 Å². The highest BCUT2D eigenvalue weighted by Crippen LogP contribution is 2.45. The summed E-state index contributed by atoms with van der Waals surface area (Å²) >= 11 is 0. The van der Waals surface area contributed by atoms with Crippen LogP contribution >= 0.6 is 0 Å². The molecule has 3 aromatic carbocycles. The first-order chi connectivity index (χ1) is 26.9. The van der Waals surface area contributed by atoms with Crippen LogP contribution in [0, 0.1) is 11.8 Å². The Morgan fingerprint density at radius 3 is 2.32 bits per heavy atom. The number of aliphatic hydroxyl groups is 1. The Morgan fingerprint density at radius 2 is 1.59 bits per heavy atom. The van der Waals surface area contributed by atoms with Gasteiger partial charge in [-0.2, -0.15) is 0 Å². The molecule has 6 rings (SSSR count). The predicted octanol–water partition coefficient (Wildman–Crippen LogP) is 6.94. The van der Waals surface area contributed by atoms with E-state index < -0.39 is 18.3 Å². The number of amides is 3. The van der Waals surface area contributed by atoms with E-state index in [0.717, 1.165) is 52.6 Å². The highest BCUT2D eigenvalue weighted by Gasteiger charge is 2.46. The first kappa shape index (κ1) is 41.3. The Bertz CT molecular complexity index is 1790. The Balaban J connectivity index is 1.25. The third kappa shape index (κ3) is 10.6. The maximum Gasteiger partial charge on any atom is 0.325 e. The summed E-state index contributed by atoms with van der Waals surface area (Å²) < 4.78 is 18.8. The Morgan fingerprint density at radius 1 is 0.857 bits per heavy atom. The van der Waals surface area contributed by atoms with Crippen LogP contribution in [0.15, 0.2) is 72.8 Å². The zero-order valence-corrected chi connectivity index (χ0v) is 33.6. The SMILES string of the molecule is CCOC(=O)CNC(=O)NCc1cccc(-c2cccc([C@@H]3O[C@H](CN4[C@@H](C(=O)NC(C)(C)C)CC[C@H]5CCCC[C@H]54)[C@H](C)[C@H](c4ccc(CO)cc4)O3)c2)c1. The molecule has 1 aliphatic carbocycles. The van der Waals surface area contributed by atoms with Gasteiger partial charge in [-0.25, -0.2) is 4.79 Å². The molecule has 2 aliphatic heterocycles. The fraction of sp³-hybridized carbons (Fsp3) is 0.533. The lowest BCUT2D eigenvalue weighted by Crippen LogP contribution is -2.61. The molecule has 2 heterocycles. The molecule has 3 aromatic rings. The lowest BCUT2D eigenvalue weighted by molar-refractivity contribution is -0.278. The summed E-state index contributed by atoms with van der Waals surface area (Å²) in [7, 11) is 0. The standard InChI is InChI=1S/C45H60N4O7/c1-6-54-40(51)26-47-44(53)46-25-31-11-9-13-34(23-31)35-14-10-15-36(24-35)43-55-39(29(2)41(56-43)33-19-17-30(28-50)18-20-33)27-49-37-16-8-7-12-32(37)21-22-38(49)42(52)48-45(3,4)5/h9-11,13-15,17-20,23-24,29,32,37-39,41,43,50H,6-8,12,16,21-22,25-28H2,1-5H3,(H,48,52)(H2,46,47,53)/t29-,32+,37+,38+,39+,41+,43+/m0/s1. The van der Waals surface area contributed by atoms with E-state index in [1.807, 2.05) is 87.5 Å². The van der Waals surface area contributed by atoms with E-state index in [1.54, 1.807) is 6.92 Å². The molecule has 11 heteroatoms. The van der Waals surface area contributed by atoms with Crippen molar-refractivity contribution in [1.29, 1.82) is 0 Å². The van der Waals surface area contributed by atoms with Crippen LogP contribution in [-0.4, -0.2) is 71.3 Å². The van der Waals surface area contributed by atoms with Crippen LogP contribution in [0.1, 0.15) is 108 Å². The fourth-order valence-corrected chi connectivity index (χ4v) is 8.60. The number of hydrogen-bond acceptors (Lipinski definition) is 8. The summed E-state index contributed by atoms with van der Waals surface area (Å²) in [4.78, 5) is 40.3. The van der Waals surface area contributed by atoms with Crippen LogP contribution in [0.4, 0.5) is 4.79 Å². The van der Waals surface area contributed by atoms with Crippen molar-refractivity contribution in [2.24, 2.45) is 11.8 Å². The van der Waals surface area contributed by atoms with Gasteiger partial charge in [0.15, 0.2) is 6.29 Å². The van der Waals surface area contributed by atoms with Gasteiger partial charge >= 0.3 is 12.0 Å². The van der Waals surface area contributed by atoms with E-state index in [0.29, 0.717) is 18.5 Å². The zero-order valence-electron chi connectivity index (χ0n) is 33.6. The van der Waals surface area contributed by atoms with Crippen molar-refractivity contribution in [1.82, 2.24) is 20.9 Å². The molecule has 2 saturated heterocycles. The second-order valence-electron chi connectivity index (χ2n) is 16.6. The van der Waals surface area contributed by atoms with Gasteiger partial charge in [-0.05, 0) is 99.2 Å². The molecular weight excluding hydrogens is 709 g/mol. The second kappa shape index (κ2) is 18.8. The molecule has 302 valence electrons. The summed E-state index contributed by atoms with van der Waals surface area (Å²) in [5.41, 5.74) is 5.26. The summed E-state index contributed by atoms with van der Waals surface area (Å²) in [5.74, 6) is 0.163. The number of benzene rings is 3. The highest BCUT2D eigenvalue weighted by atomic mass is 16.7. The van der Waals surface area contributed by atoms with E-state index >= 15 is 0 Å². The third-order valence-electron chi connectivity index (χ3n) is 11.4. The van der Waals surface area contributed by atoms with E-state index in [1.165, 1.54) is 19.3 Å². The third-order valence-corrected chi connectivity index (χ3v) is 11.4. The maximum absolute atomic E-state index is 13.9. The molecule has 7 atom stereocenters. The van der Waals surface area contributed by atoms with Gasteiger partial charge in [-0.3, -0.25) is 14.5 Å². The molecule has 0 spiro atoms. The number of nitrogens with one attached hydrogen (secondary N) is 3. The van der Waals surface area contributed by atoms with Gasteiger partial charge < -0.3 is 35.3 Å². The molecule has 4 N–H and O–H groups in total. The number of likely N-dealkylation sites (tertiary alicyclic amines) is 1. The van der Waals surface area contributed by atoms with Crippen LogP contribution in [0.25, 0.3) is 11.1 Å². The largest absolute Gasteiger partial charge is 0.465 e. The molecule has 0 unspecified atom stereocenters. The number of piperidine rings is 1. The van der Waals surface area contributed by atoms with Crippen LogP contribution in [-0.2, 0) is 37.0 Å². The maximum atomic E-state index is 13.9. The van der Waals surface area contributed by atoms with Gasteiger partial charge in [0.25, 0.3) is 0 Å². The number of carbonyl (C=O) groups excluding carboxylic acids is 3. The van der Waals surface area contributed by atoms with E-state index in [-0.39, 0.29) is 61.9 Å². The number of esters is 1. The highest BCUT2D eigenvalue weighted by molar-refractivity contribution is 5.82. The van der Waals surface area contributed by atoms with Crippen LogP contribution in [0.3, 0.4) is 0 Å². The molecule has 56 heavy (non-hydrogen) atoms. The molecule has 3 amide bonds. The van der Waals surface area contributed by atoms with Gasteiger partial charge in [0, 0.05) is 36.2 Å². The average molecular weight is 769 g/mol. The molecule has 11 nitrogen and oxygen atoms in total. The molecule has 0 radical (unpaired) electrons. The first-order valence-electron chi connectivity index (χ1n) is 20.4. The van der Waals surface area contributed by atoms with Crippen molar-refractivity contribution in [3.63, 3.8) is 0 Å². The predicted molar refractivity (Wildman–Crippen MR) is 215 cm³/mol. The van der Waals surface area contributed by atoms with Crippen molar-refractivity contribution in [2.75, 3.05) is 19.7 Å². The topological polar surface area (TPSA) is 138 Å². The number of aliphatic hydroxyl groups excluding tert-OH is 1. The van der Waals surface area contributed by atoms with Gasteiger partial charge in [0.1, 0.15) is 6.54 Å². The Hall–Kier alpha value is -4.29. The first-order valence-corrected chi connectivity index (χ1v) is 20.4. The minimum Gasteiger partial charge on any atom is -0.465 e. The van der Waals surface area contributed by atoms with Gasteiger partial charge in [0.05, 0.1) is 31.5 Å². The normalized spacial score (nSPS) is 25.4. The number of nitrogens with zero attached hydrogens (tertiary/aromatic N) is 1. The number of rotatable bonds is 12. The summed E-state index contributed by atoms with van der Waals surface area (Å²) in [6.45, 7) is 11.0. The Kier molecular flexibility index (Phi) is 13.9. The number of fused-ring (bicyclic) bond motifs is 1. The minimum atomic E-state index is -0.666.